The first-order chi connectivity index (χ1) is 13.0. The third kappa shape index (κ3) is 1.91. The van der Waals surface area contributed by atoms with Crippen LogP contribution in [0.4, 0.5) is 0 Å². The predicted molar refractivity (Wildman–Crippen MR) is 95.2 cm³/mol. The first-order valence-corrected chi connectivity index (χ1v) is 8.90. The van der Waals surface area contributed by atoms with Crippen LogP contribution in [0.15, 0.2) is 24.3 Å². The van der Waals surface area contributed by atoms with E-state index in [1.54, 1.807) is 24.3 Å². The van der Waals surface area contributed by atoms with Crippen LogP contribution in [0.1, 0.15) is 34.5 Å². The van der Waals surface area contributed by atoms with E-state index in [2.05, 4.69) is 0 Å². The first kappa shape index (κ1) is 16.7. The summed E-state index contributed by atoms with van der Waals surface area (Å²) < 4.78 is 16.3. The van der Waals surface area contributed by atoms with Gasteiger partial charge in [-0.3, -0.25) is 4.90 Å². The predicted octanol–water partition coefficient (Wildman–Crippen LogP) is 1.59. The molecule has 0 saturated carbocycles. The average molecular weight is 371 g/mol. The van der Waals surface area contributed by atoms with Gasteiger partial charge in [0.15, 0.2) is 23.0 Å². The smallest absolute Gasteiger partial charge is 0.231 e. The maximum absolute atomic E-state index is 11.5. The monoisotopic (exact) mass is 371 g/mol. The minimum Gasteiger partial charge on any atom is -0.504 e. The number of phenols is 1. The summed E-state index contributed by atoms with van der Waals surface area (Å²) in [5.41, 5.74) is 1.66. The van der Waals surface area contributed by atoms with Crippen LogP contribution in [0.3, 0.4) is 0 Å². The Kier molecular flexibility index (Phi) is 3.40. The van der Waals surface area contributed by atoms with Crippen molar-refractivity contribution < 1.29 is 29.5 Å². The van der Waals surface area contributed by atoms with Gasteiger partial charge in [0, 0.05) is 12.1 Å². The van der Waals surface area contributed by atoms with Gasteiger partial charge in [0.1, 0.15) is 17.7 Å². The van der Waals surface area contributed by atoms with Crippen molar-refractivity contribution in [1.29, 1.82) is 0 Å². The van der Waals surface area contributed by atoms with Crippen molar-refractivity contribution >= 4 is 0 Å². The van der Waals surface area contributed by atoms with Crippen LogP contribution in [-0.4, -0.2) is 47.7 Å². The second kappa shape index (κ2) is 5.51. The number of hydrogen-bond donors (Lipinski definition) is 3. The number of ether oxygens (including phenoxy) is 3. The number of methoxy groups -OCH3 is 1. The standard InChI is InChI=1S/C20H21NO6/c1-21-6-5-10-7-15(25-2)13(22)8-12(10)20(21)18(23)11-3-4-14-17(27-9-26-14)16(11)19(20)24/h3-4,7-8,18-19,22-24H,5-6,9H2,1-2H3/t18-,19+,20+/m1/s1. The molecule has 0 fully saturated rings. The Balaban J connectivity index is 1.77. The number of hydrogen-bond acceptors (Lipinski definition) is 7. The highest BCUT2D eigenvalue weighted by Gasteiger charge is 2.60. The van der Waals surface area contributed by atoms with E-state index in [1.165, 1.54) is 7.11 Å². The lowest BCUT2D eigenvalue weighted by Gasteiger charge is -2.48. The summed E-state index contributed by atoms with van der Waals surface area (Å²) in [6, 6.07) is 6.91. The molecule has 0 saturated heterocycles. The van der Waals surface area contributed by atoms with Crippen molar-refractivity contribution in [3.05, 3.63) is 46.5 Å². The Labute approximate surface area is 156 Å². The zero-order chi connectivity index (χ0) is 18.9. The molecule has 7 heteroatoms. The first-order valence-electron chi connectivity index (χ1n) is 8.90. The van der Waals surface area contributed by atoms with Crippen LogP contribution in [0.2, 0.25) is 0 Å². The molecule has 0 amide bonds. The van der Waals surface area contributed by atoms with Gasteiger partial charge in [-0.25, -0.2) is 0 Å². The molecule has 0 aromatic heterocycles. The Bertz CT molecular complexity index is 945. The van der Waals surface area contributed by atoms with E-state index in [-0.39, 0.29) is 12.5 Å². The number of nitrogens with zero attached hydrogens (tertiary/aromatic N) is 1. The van der Waals surface area contributed by atoms with Gasteiger partial charge in [0.25, 0.3) is 0 Å². The van der Waals surface area contributed by atoms with E-state index in [9.17, 15) is 15.3 Å². The van der Waals surface area contributed by atoms with Gasteiger partial charge in [-0.2, -0.15) is 0 Å². The number of aliphatic hydroxyl groups is 2. The van der Waals surface area contributed by atoms with Crippen molar-refractivity contribution in [2.75, 3.05) is 27.5 Å². The van der Waals surface area contributed by atoms with Crippen molar-refractivity contribution in [2.24, 2.45) is 0 Å². The Hall–Kier alpha value is -2.48. The third-order valence-electron chi connectivity index (χ3n) is 6.20. The number of rotatable bonds is 1. The van der Waals surface area contributed by atoms with Gasteiger partial charge < -0.3 is 29.5 Å². The van der Waals surface area contributed by atoms with Crippen molar-refractivity contribution in [3.8, 4) is 23.0 Å². The van der Waals surface area contributed by atoms with Crippen molar-refractivity contribution in [1.82, 2.24) is 4.90 Å². The van der Waals surface area contributed by atoms with Gasteiger partial charge in [-0.1, -0.05) is 6.07 Å². The fourth-order valence-corrected chi connectivity index (χ4v) is 4.88. The molecule has 0 bridgehead atoms. The third-order valence-corrected chi connectivity index (χ3v) is 6.20. The maximum atomic E-state index is 11.5. The number of phenolic OH excluding ortho intramolecular Hbond substituents is 1. The Morgan fingerprint density at radius 1 is 1.19 bits per heavy atom. The molecule has 0 radical (unpaired) electrons. The molecule has 0 unspecified atom stereocenters. The van der Waals surface area contributed by atoms with Crippen LogP contribution in [0, 0.1) is 0 Å². The van der Waals surface area contributed by atoms with Gasteiger partial charge in [0.05, 0.1) is 7.11 Å². The van der Waals surface area contributed by atoms with Gasteiger partial charge in [-0.05, 0) is 48.4 Å². The normalized spacial score (nSPS) is 28.3. The summed E-state index contributed by atoms with van der Waals surface area (Å²) in [5.74, 6) is 1.40. The van der Waals surface area contributed by atoms with Crippen molar-refractivity contribution in [2.45, 2.75) is 24.2 Å². The number of benzene rings is 2. The molecular weight excluding hydrogens is 350 g/mol. The van der Waals surface area contributed by atoms with E-state index >= 15 is 0 Å². The summed E-state index contributed by atoms with van der Waals surface area (Å²) >= 11 is 0. The average Bonchev–Trinajstić information content (AvgIpc) is 3.22. The second-order valence-electron chi connectivity index (χ2n) is 7.29. The fourth-order valence-electron chi connectivity index (χ4n) is 4.88. The van der Waals surface area contributed by atoms with E-state index < -0.39 is 17.7 Å². The highest BCUT2D eigenvalue weighted by atomic mass is 16.7. The molecule has 7 nitrogen and oxygen atoms in total. The lowest BCUT2D eigenvalue weighted by Crippen LogP contribution is -2.53. The molecule has 142 valence electrons. The lowest BCUT2D eigenvalue weighted by atomic mass is 9.75. The van der Waals surface area contributed by atoms with E-state index in [0.29, 0.717) is 40.5 Å². The van der Waals surface area contributed by atoms with E-state index in [4.69, 9.17) is 14.2 Å². The summed E-state index contributed by atoms with van der Waals surface area (Å²) in [7, 11) is 3.38. The molecule has 3 aliphatic rings. The highest BCUT2D eigenvalue weighted by Crippen LogP contribution is 2.62. The summed E-state index contributed by atoms with van der Waals surface area (Å²) in [5, 5.41) is 33.2. The summed E-state index contributed by atoms with van der Waals surface area (Å²) in [6.07, 6.45) is -1.32. The molecule has 2 aromatic carbocycles. The van der Waals surface area contributed by atoms with Crippen LogP contribution < -0.4 is 14.2 Å². The van der Waals surface area contributed by atoms with Gasteiger partial charge in [-0.15, -0.1) is 0 Å². The second-order valence-corrected chi connectivity index (χ2v) is 7.29. The minimum atomic E-state index is -1.12. The Morgan fingerprint density at radius 2 is 2.00 bits per heavy atom. The maximum Gasteiger partial charge on any atom is 0.231 e. The highest BCUT2D eigenvalue weighted by molar-refractivity contribution is 5.62. The lowest BCUT2D eigenvalue weighted by molar-refractivity contribution is -0.0951. The number of aliphatic hydroxyl groups excluding tert-OH is 2. The molecule has 5 rings (SSSR count). The van der Waals surface area contributed by atoms with Crippen LogP contribution in [0.5, 0.6) is 23.0 Å². The molecule has 2 heterocycles. The van der Waals surface area contributed by atoms with E-state index in [1.807, 2.05) is 11.9 Å². The molecule has 1 spiro atoms. The zero-order valence-electron chi connectivity index (χ0n) is 15.1. The number of aromatic hydroxyl groups is 1. The minimum absolute atomic E-state index is 0.0221. The van der Waals surface area contributed by atoms with Gasteiger partial charge in [0.2, 0.25) is 6.79 Å². The zero-order valence-corrected chi connectivity index (χ0v) is 15.1. The van der Waals surface area contributed by atoms with E-state index in [0.717, 1.165) is 12.0 Å². The van der Waals surface area contributed by atoms with Crippen LogP contribution in [0.25, 0.3) is 0 Å². The number of fused-ring (bicyclic) bond motifs is 5. The summed E-state index contributed by atoms with van der Waals surface area (Å²) in [4.78, 5) is 1.96. The Morgan fingerprint density at radius 3 is 2.78 bits per heavy atom. The quantitative estimate of drug-likeness (QED) is 0.701. The fraction of sp³-hybridized carbons (Fsp3) is 0.400. The summed E-state index contributed by atoms with van der Waals surface area (Å²) in [6.45, 7) is 0.731. The topological polar surface area (TPSA) is 91.6 Å². The van der Waals surface area contributed by atoms with Crippen LogP contribution >= 0.6 is 0 Å². The molecule has 2 aromatic rings. The van der Waals surface area contributed by atoms with Crippen molar-refractivity contribution in [3.63, 3.8) is 0 Å². The molecule has 1 aliphatic carbocycles. The molecule has 3 N–H and O–H groups in total. The molecule has 27 heavy (non-hydrogen) atoms. The van der Waals surface area contributed by atoms with Gasteiger partial charge >= 0.3 is 0 Å². The number of likely N-dealkylation sites (N-methyl/N-ethyl adjacent to an activating group) is 1. The molecule has 3 atom stereocenters. The molecule has 2 aliphatic heterocycles. The largest absolute Gasteiger partial charge is 0.504 e. The SMILES string of the molecule is COc1cc2c(cc1O)[C@@]1([C@H](O)c3ccc4c(c3[C@@H]1O)OCO4)N(C)CC2. The molecular formula is C20H21NO6. The van der Waals surface area contributed by atoms with Crippen LogP contribution in [-0.2, 0) is 12.0 Å².